The van der Waals surface area contributed by atoms with Crippen molar-refractivity contribution in [3.05, 3.63) is 111 Å². The maximum atomic E-state index is 14.2. The second-order valence-corrected chi connectivity index (χ2v) is 13.5. The standard InChI is InChI=1S/C38H32FN7O5/c1-20(25-13-9-22(18-40)19-41-25)46-27-15-10-23(17-29(27)51-38(2,3)36(46)48)30-31(34-43-44-37(49)50-34)26(14-8-21-6-11-24(39)12-7-21)42-33-28-5-4-16-45(28)35(47)32(30)33/h6-7,9-13,15,17,19-20,28H,4-5,8,14,16H2,1-3H3,(H,44,49)/t20-,28+/m0/s1. The second-order valence-electron chi connectivity index (χ2n) is 13.5. The van der Waals surface area contributed by atoms with Gasteiger partial charge in [0, 0.05) is 18.3 Å². The number of hydrogen-bond acceptors (Lipinski definition) is 9. The first kappa shape index (κ1) is 32.1. The fourth-order valence-electron chi connectivity index (χ4n) is 7.40. The number of carbonyl (C=O) groups excluding carboxylic acids is 2. The Morgan fingerprint density at radius 1 is 1.06 bits per heavy atom. The van der Waals surface area contributed by atoms with E-state index in [1.165, 1.54) is 18.3 Å². The molecule has 1 saturated heterocycles. The van der Waals surface area contributed by atoms with Gasteiger partial charge in [0.15, 0.2) is 5.60 Å². The van der Waals surface area contributed by atoms with Gasteiger partial charge in [-0.2, -0.15) is 5.26 Å². The van der Waals surface area contributed by atoms with Crippen molar-refractivity contribution in [2.24, 2.45) is 0 Å². The third-order valence-corrected chi connectivity index (χ3v) is 9.90. The number of carbonyl (C=O) groups is 2. The number of nitriles is 1. The lowest BCUT2D eigenvalue weighted by atomic mass is 9.89. The van der Waals surface area contributed by atoms with E-state index in [9.17, 15) is 24.0 Å². The molecule has 0 unspecified atom stereocenters. The van der Waals surface area contributed by atoms with Gasteiger partial charge < -0.3 is 14.1 Å². The van der Waals surface area contributed by atoms with Crippen LogP contribution in [-0.4, -0.2) is 49.0 Å². The van der Waals surface area contributed by atoms with Crippen molar-refractivity contribution < 1.29 is 23.1 Å². The van der Waals surface area contributed by atoms with Crippen LogP contribution in [0.25, 0.3) is 22.6 Å². The Morgan fingerprint density at radius 2 is 1.86 bits per heavy atom. The van der Waals surface area contributed by atoms with Crippen molar-refractivity contribution in [3.8, 4) is 34.4 Å². The third kappa shape index (κ3) is 5.34. The highest BCUT2D eigenvalue weighted by molar-refractivity contribution is 6.09. The van der Waals surface area contributed by atoms with Gasteiger partial charge in [-0.15, -0.1) is 5.10 Å². The Balaban J connectivity index is 1.31. The molecule has 2 atom stereocenters. The first-order chi connectivity index (χ1) is 24.5. The summed E-state index contributed by atoms with van der Waals surface area (Å²) in [5.74, 6) is -1.16. The molecule has 6 heterocycles. The van der Waals surface area contributed by atoms with Crippen LogP contribution in [0.2, 0.25) is 0 Å². The highest BCUT2D eigenvalue weighted by Gasteiger charge is 2.46. The highest BCUT2D eigenvalue weighted by Crippen LogP contribution is 2.50. The molecule has 1 fully saturated rings. The van der Waals surface area contributed by atoms with E-state index in [1.54, 1.807) is 55.1 Å². The summed E-state index contributed by atoms with van der Waals surface area (Å²) in [4.78, 5) is 53.4. The molecule has 0 saturated carbocycles. The van der Waals surface area contributed by atoms with Crippen LogP contribution >= 0.6 is 0 Å². The number of anilines is 1. The highest BCUT2D eigenvalue weighted by atomic mass is 19.1. The van der Waals surface area contributed by atoms with E-state index < -0.39 is 17.4 Å². The molecule has 3 aliphatic heterocycles. The fraction of sp³-hybridized carbons (Fsp3) is 0.289. The van der Waals surface area contributed by atoms with Crippen LogP contribution in [0.5, 0.6) is 5.75 Å². The smallest absolute Gasteiger partial charge is 0.434 e. The topological polar surface area (TPSA) is 158 Å². The van der Waals surface area contributed by atoms with Crippen molar-refractivity contribution in [3.63, 3.8) is 0 Å². The van der Waals surface area contributed by atoms with E-state index in [-0.39, 0.29) is 29.6 Å². The summed E-state index contributed by atoms with van der Waals surface area (Å²) < 4.78 is 25.6. The summed E-state index contributed by atoms with van der Waals surface area (Å²) in [6, 6.07) is 16.3. The number of rotatable bonds is 7. The van der Waals surface area contributed by atoms with Crippen LogP contribution in [0, 0.1) is 17.1 Å². The van der Waals surface area contributed by atoms with Crippen LogP contribution in [0.4, 0.5) is 10.1 Å². The number of amides is 2. The SMILES string of the molecule is C[C@@H](c1ccc(C#N)cn1)N1C(=O)C(C)(C)Oc2cc(-c3c4c(nc(CCc5ccc(F)cc5)c3-c3n[nH]c(=O)o3)[C@H]3CCCN3C4=O)ccc21. The quantitative estimate of drug-likeness (QED) is 0.222. The number of H-pyrrole nitrogens is 1. The minimum Gasteiger partial charge on any atom is -0.476 e. The first-order valence-corrected chi connectivity index (χ1v) is 16.7. The van der Waals surface area contributed by atoms with Crippen LogP contribution < -0.4 is 15.4 Å². The van der Waals surface area contributed by atoms with Gasteiger partial charge in [-0.25, -0.2) is 14.3 Å². The number of fused-ring (bicyclic) bond motifs is 4. The molecule has 256 valence electrons. The molecular formula is C38H32FN7O5. The van der Waals surface area contributed by atoms with E-state index in [0.29, 0.717) is 75.7 Å². The zero-order valence-corrected chi connectivity index (χ0v) is 28.1. The number of benzene rings is 2. The van der Waals surface area contributed by atoms with Crippen LogP contribution in [0.15, 0.2) is 70.0 Å². The summed E-state index contributed by atoms with van der Waals surface area (Å²) in [6.07, 6.45) is 3.96. The molecule has 0 spiro atoms. The van der Waals surface area contributed by atoms with Crippen LogP contribution in [0.3, 0.4) is 0 Å². The van der Waals surface area contributed by atoms with Gasteiger partial charge >= 0.3 is 5.76 Å². The van der Waals surface area contributed by atoms with Crippen molar-refractivity contribution in [2.75, 3.05) is 11.4 Å². The lowest BCUT2D eigenvalue weighted by Crippen LogP contribution is -2.53. The Morgan fingerprint density at radius 3 is 2.57 bits per heavy atom. The molecular weight excluding hydrogens is 653 g/mol. The molecule has 5 aromatic rings. The lowest BCUT2D eigenvalue weighted by Gasteiger charge is -2.41. The Bertz CT molecular complexity index is 2320. The van der Waals surface area contributed by atoms with Crippen molar-refractivity contribution >= 4 is 17.5 Å². The zero-order chi connectivity index (χ0) is 35.6. The zero-order valence-electron chi connectivity index (χ0n) is 28.1. The maximum absolute atomic E-state index is 14.2. The van der Waals surface area contributed by atoms with Crippen LogP contribution in [0.1, 0.15) is 84.3 Å². The Hall–Kier alpha value is -6.16. The number of aromatic amines is 1. The molecule has 12 nitrogen and oxygen atoms in total. The molecule has 51 heavy (non-hydrogen) atoms. The number of ether oxygens (including phenoxy) is 1. The molecule has 0 radical (unpaired) electrons. The molecule has 0 aliphatic carbocycles. The largest absolute Gasteiger partial charge is 0.476 e. The number of aryl methyl sites for hydroxylation is 2. The monoisotopic (exact) mass is 685 g/mol. The molecule has 1 N–H and O–H groups in total. The molecule has 0 bridgehead atoms. The van der Waals surface area contributed by atoms with Gasteiger partial charge in [0.1, 0.15) is 17.6 Å². The Labute approximate surface area is 291 Å². The normalized spacial score (nSPS) is 17.8. The number of nitrogens with zero attached hydrogens (tertiary/aromatic N) is 6. The number of aromatic nitrogens is 4. The number of hydrogen-bond donors (Lipinski definition) is 1. The summed E-state index contributed by atoms with van der Waals surface area (Å²) in [7, 11) is 0. The summed E-state index contributed by atoms with van der Waals surface area (Å²) >= 11 is 0. The first-order valence-electron chi connectivity index (χ1n) is 16.7. The molecule has 13 heteroatoms. The fourth-order valence-corrected chi connectivity index (χ4v) is 7.40. The second kappa shape index (κ2) is 12.0. The molecule has 3 aromatic heterocycles. The average Bonchev–Trinajstić information content (AvgIpc) is 3.85. The minimum atomic E-state index is -1.26. The predicted octanol–water partition coefficient (Wildman–Crippen LogP) is 5.84. The van der Waals surface area contributed by atoms with E-state index in [0.717, 1.165) is 18.4 Å². The summed E-state index contributed by atoms with van der Waals surface area (Å²) in [6.45, 7) is 5.84. The van der Waals surface area contributed by atoms with E-state index in [4.69, 9.17) is 14.1 Å². The van der Waals surface area contributed by atoms with Crippen molar-refractivity contribution in [1.82, 2.24) is 25.1 Å². The van der Waals surface area contributed by atoms with Gasteiger partial charge in [0.2, 0.25) is 0 Å². The van der Waals surface area contributed by atoms with Crippen molar-refractivity contribution in [2.45, 2.75) is 64.1 Å². The Kier molecular flexibility index (Phi) is 7.55. The van der Waals surface area contributed by atoms with E-state index >= 15 is 0 Å². The van der Waals surface area contributed by atoms with Crippen LogP contribution in [-0.2, 0) is 17.6 Å². The summed E-state index contributed by atoms with van der Waals surface area (Å²) in [5, 5.41) is 15.8. The molecule has 8 rings (SSSR count). The predicted molar refractivity (Wildman–Crippen MR) is 182 cm³/mol. The molecule has 2 aromatic carbocycles. The molecule has 2 amide bonds. The average molecular weight is 686 g/mol. The third-order valence-electron chi connectivity index (χ3n) is 9.90. The minimum absolute atomic E-state index is 0.0180. The van der Waals surface area contributed by atoms with Crippen molar-refractivity contribution in [1.29, 1.82) is 5.26 Å². The number of nitrogens with one attached hydrogen (secondary N) is 1. The lowest BCUT2D eigenvalue weighted by molar-refractivity contribution is -0.133. The summed E-state index contributed by atoms with van der Waals surface area (Å²) in [5.41, 5.74) is 4.23. The van der Waals surface area contributed by atoms with E-state index in [1.807, 2.05) is 17.9 Å². The number of pyridine rings is 2. The van der Waals surface area contributed by atoms with Gasteiger partial charge in [-0.05, 0) is 94.0 Å². The van der Waals surface area contributed by atoms with Gasteiger partial charge in [-0.1, -0.05) is 18.2 Å². The maximum Gasteiger partial charge on any atom is 0.434 e. The number of halogens is 1. The van der Waals surface area contributed by atoms with Gasteiger partial charge in [0.25, 0.3) is 17.7 Å². The van der Waals surface area contributed by atoms with Gasteiger partial charge in [0.05, 0.1) is 51.5 Å². The van der Waals surface area contributed by atoms with Gasteiger partial charge in [-0.3, -0.25) is 24.5 Å². The van der Waals surface area contributed by atoms with E-state index in [2.05, 4.69) is 21.3 Å². The molecule has 3 aliphatic rings.